The maximum atomic E-state index is 12.3. The van der Waals surface area contributed by atoms with Crippen molar-refractivity contribution in [3.63, 3.8) is 0 Å². The first kappa shape index (κ1) is 26.5. The van der Waals surface area contributed by atoms with E-state index >= 15 is 0 Å². The van der Waals surface area contributed by atoms with Crippen LogP contribution in [-0.2, 0) is 15.6 Å². The summed E-state index contributed by atoms with van der Waals surface area (Å²) in [5, 5.41) is 19.0. The normalized spacial score (nSPS) is 22.1. The average molecular weight is 461 g/mol. The Balaban J connectivity index is 1.57. The summed E-state index contributed by atoms with van der Waals surface area (Å²) in [6.07, 6.45) is 18.3. The second kappa shape index (κ2) is 15.2. The van der Waals surface area contributed by atoms with Crippen LogP contribution in [0.2, 0.25) is 0 Å². The van der Waals surface area contributed by atoms with Crippen LogP contribution < -0.4 is 0 Å². The minimum Gasteiger partial charge on any atom is -0.481 e. The highest BCUT2D eigenvalue weighted by Crippen LogP contribution is 2.37. The first-order valence-electron chi connectivity index (χ1n) is 12.1. The first-order valence-corrected chi connectivity index (χ1v) is 13.4. The summed E-state index contributed by atoms with van der Waals surface area (Å²) in [4.78, 5) is 11.5. The van der Waals surface area contributed by atoms with Crippen LogP contribution in [0, 0.1) is 18.8 Å². The summed E-state index contributed by atoms with van der Waals surface area (Å²) in [5.41, 5.74) is 1.19. The third kappa shape index (κ3) is 10.3. The van der Waals surface area contributed by atoms with E-state index in [1.807, 2.05) is 31.2 Å². The number of aryl methyl sites for hydroxylation is 1. The lowest BCUT2D eigenvalue weighted by Crippen LogP contribution is -2.18. The molecule has 1 saturated carbocycles. The average Bonchev–Trinajstić information content (AvgIpc) is 3.12. The largest absolute Gasteiger partial charge is 0.481 e. The quantitative estimate of drug-likeness (QED) is 0.241. The Kier molecular flexibility index (Phi) is 12.6. The SMILES string of the molecule is Cc1ccc(S(=O)CCCCC/C=C/C[C@H]2CC[C@@H](O)[C@@H]2C/C=C\CCCC(=O)O)cc1. The van der Waals surface area contributed by atoms with E-state index in [9.17, 15) is 14.1 Å². The number of carboxylic acids is 1. The number of aliphatic hydroxyl groups excluding tert-OH is 1. The molecule has 178 valence electrons. The van der Waals surface area contributed by atoms with Crippen LogP contribution >= 0.6 is 0 Å². The summed E-state index contributed by atoms with van der Waals surface area (Å²) >= 11 is 0. The molecule has 0 radical (unpaired) electrons. The van der Waals surface area contributed by atoms with Crippen molar-refractivity contribution in [3.05, 3.63) is 54.1 Å². The molecule has 1 aliphatic carbocycles. The molecular weight excluding hydrogens is 420 g/mol. The number of unbranched alkanes of at least 4 members (excludes halogenated alkanes) is 4. The molecule has 1 aromatic rings. The van der Waals surface area contributed by atoms with E-state index < -0.39 is 16.8 Å². The molecule has 0 saturated heterocycles. The Morgan fingerprint density at radius 3 is 2.38 bits per heavy atom. The maximum Gasteiger partial charge on any atom is 0.303 e. The molecule has 4 atom stereocenters. The van der Waals surface area contributed by atoms with Crippen LogP contribution in [0.15, 0.2) is 53.5 Å². The molecule has 1 aromatic carbocycles. The highest BCUT2D eigenvalue weighted by molar-refractivity contribution is 7.85. The lowest BCUT2D eigenvalue weighted by Gasteiger charge is -2.19. The number of allylic oxidation sites excluding steroid dienone is 4. The van der Waals surface area contributed by atoms with Crippen LogP contribution in [-0.4, -0.2) is 32.2 Å². The van der Waals surface area contributed by atoms with Crippen molar-refractivity contribution in [1.29, 1.82) is 0 Å². The van der Waals surface area contributed by atoms with Gasteiger partial charge in [0.2, 0.25) is 0 Å². The summed E-state index contributed by atoms with van der Waals surface area (Å²) in [6, 6.07) is 7.97. The third-order valence-corrected chi connectivity index (χ3v) is 7.82. The summed E-state index contributed by atoms with van der Waals surface area (Å²) < 4.78 is 12.3. The number of carboxylic acid groups (broad SMARTS) is 1. The van der Waals surface area contributed by atoms with Crippen molar-refractivity contribution in [1.82, 2.24) is 0 Å². The Bertz CT molecular complexity index is 753. The Labute approximate surface area is 196 Å². The summed E-state index contributed by atoms with van der Waals surface area (Å²) in [6.45, 7) is 2.04. The molecule has 32 heavy (non-hydrogen) atoms. The molecule has 0 heterocycles. The van der Waals surface area contributed by atoms with E-state index in [0.29, 0.717) is 18.3 Å². The van der Waals surface area contributed by atoms with E-state index in [0.717, 1.165) is 68.4 Å². The molecule has 0 bridgehead atoms. The number of aliphatic hydroxyl groups is 1. The van der Waals surface area contributed by atoms with Crippen LogP contribution in [0.4, 0.5) is 0 Å². The van der Waals surface area contributed by atoms with Crippen molar-refractivity contribution in [2.24, 2.45) is 11.8 Å². The predicted molar refractivity (Wildman–Crippen MR) is 132 cm³/mol. The van der Waals surface area contributed by atoms with E-state index in [1.165, 1.54) is 5.56 Å². The van der Waals surface area contributed by atoms with Crippen LogP contribution in [0.25, 0.3) is 0 Å². The molecular formula is C27H40O4S. The van der Waals surface area contributed by atoms with Gasteiger partial charge in [0.25, 0.3) is 0 Å². The topological polar surface area (TPSA) is 74.6 Å². The predicted octanol–water partition coefficient (Wildman–Crippen LogP) is 6.20. The van der Waals surface area contributed by atoms with Gasteiger partial charge in [-0.05, 0) is 88.7 Å². The lowest BCUT2D eigenvalue weighted by molar-refractivity contribution is -0.137. The van der Waals surface area contributed by atoms with E-state index in [1.54, 1.807) is 0 Å². The monoisotopic (exact) mass is 460 g/mol. The smallest absolute Gasteiger partial charge is 0.303 e. The number of rotatable bonds is 15. The standard InChI is InChI=1S/C27H40O4S/c1-22-15-18-24(19-16-22)32(31)21-11-7-3-2-4-8-12-23-17-20-26(28)25(23)13-9-5-6-10-14-27(29)30/h4-5,8-9,15-16,18-19,23,25-26,28H,2-3,6-7,10-14,17,20-21H2,1H3,(H,29,30)/b8-4+,9-5-/t23-,25+,26+,32?/m0/s1. The van der Waals surface area contributed by atoms with Crippen molar-refractivity contribution in [2.75, 3.05) is 5.75 Å². The first-order chi connectivity index (χ1) is 15.5. The number of aliphatic carboxylic acids is 1. The lowest BCUT2D eigenvalue weighted by atomic mass is 9.88. The minimum absolute atomic E-state index is 0.216. The number of hydrogen-bond donors (Lipinski definition) is 2. The number of hydrogen-bond acceptors (Lipinski definition) is 3. The van der Waals surface area contributed by atoms with Gasteiger partial charge in [0.1, 0.15) is 0 Å². The van der Waals surface area contributed by atoms with Crippen LogP contribution in [0.5, 0.6) is 0 Å². The summed E-state index contributed by atoms with van der Waals surface area (Å²) in [5.74, 6) is 0.834. The van der Waals surface area contributed by atoms with Gasteiger partial charge in [-0.1, -0.05) is 48.4 Å². The molecule has 0 amide bonds. The maximum absolute atomic E-state index is 12.3. The van der Waals surface area contributed by atoms with Gasteiger partial charge in [-0.3, -0.25) is 9.00 Å². The molecule has 2 N–H and O–H groups in total. The highest BCUT2D eigenvalue weighted by Gasteiger charge is 2.32. The molecule has 0 aromatic heterocycles. The molecule has 1 aliphatic rings. The Morgan fingerprint density at radius 2 is 1.66 bits per heavy atom. The van der Waals surface area contributed by atoms with Crippen molar-refractivity contribution < 1.29 is 19.2 Å². The van der Waals surface area contributed by atoms with Crippen molar-refractivity contribution in [2.45, 2.75) is 88.6 Å². The molecule has 4 nitrogen and oxygen atoms in total. The van der Waals surface area contributed by atoms with Gasteiger partial charge in [0, 0.05) is 17.1 Å². The Morgan fingerprint density at radius 1 is 0.969 bits per heavy atom. The minimum atomic E-state index is -0.890. The molecule has 0 aliphatic heterocycles. The zero-order valence-electron chi connectivity index (χ0n) is 19.5. The highest BCUT2D eigenvalue weighted by atomic mass is 32.2. The molecule has 5 heteroatoms. The zero-order chi connectivity index (χ0) is 23.2. The van der Waals surface area contributed by atoms with Gasteiger partial charge in [0.05, 0.1) is 16.9 Å². The van der Waals surface area contributed by atoms with Gasteiger partial charge in [-0.2, -0.15) is 0 Å². The zero-order valence-corrected chi connectivity index (χ0v) is 20.3. The van der Waals surface area contributed by atoms with Gasteiger partial charge >= 0.3 is 5.97 Å². The van der Waals surface area contributed by atoms with Gasteiger partial charge in [0.15, 0.2) is 0 Å². The molecule has 1 fully saturated rings. The summed E-state index contributed by atoms with van der Waals surface area (Å²) in [7, 11) is -0.890. The number of carbonyl (C=O) groups is 1. The Hall–Kier alpha value is -1.72. The van der Waals surface area contributed by atoms with Crippen LogP contribution in [0.3, 0.4) is 0 Å². The van der Waals surface area contributed by atoms with Crippen molar-refractivity contribution in [3.8, 4) is 0 Å². The van der Waals surface area contributed by atoms with Gasteiger partial charge < -0.3 is 10.2 Å². The molecule has 2 rings (SSSR count). The fourth-order valence-electron chi connectivity index (χ4n) is 4.38. The van der Waals surface area contributed by atoms with E-state index in [4.69, 9.17) is 5.11 Å². The second-order valence-electron chi connectivity index (χ2n) is 8.98. The van der Waals surface area contributed by atoms with E-state index in [-0.39, 0.29) is 12.5 Å². The van der Waals surface area contributed by atoms with Gasteiger partial charge in [-0.25, -0.2) is 0 Å². The van der Waals surface area contributed by atoms with E-state index in [2.05, 4.69) is 24.3 Å². The van der Waals surface area contributed by atoms with Gasteiger partial charge in [-0.15, -0.1) is 0 Å². The third-order valence-electron chi connectivity index (χ3n) is 6.36. The fraction of sp³-hybridized carbons (Fsp3) is 0.593. The number of benzene rings is 1. The van der Waals surface area contributed by atoms with Crippen molar-refractivity contribution >= 4 is 16.8 Å². The second-order valence-corrected chi connectivity index (χ2v) is 10.6. The molecule has 0 spiro atoms. The van der Waals surface area contributed by atoms with Crippen LogP contribution in [0.1, 0.15) is 76.2 Å². The molecule has 1 unspecified atom stereocenters. The fourth-order valence-corrected chi connectivity index (χ4v) is 5.52.